The molecular weight excluding hydrogens is 501 g/mol. The monoisotopic (exact) mass is 535 g/mol. The van der Waals surface area contributed by atoms with Crippen LogP contribution in [0.15, 0.2) is 54.6 Å². The molecular formula is C29H34FN5O4. The summed E-state index contributed by atoms with van der Waals surface area (Å²) in [5, 5.41) is 5.98. The maximum Gasteiger partial charge on any atom is 0.334 e. The molecule has 0 spiro atoms. The number of nitrogens with one attached hydrogen (secondary N) is 1. The number of fused-ring (bicyclic) bond motifs is 1. The fourth-order valence-corrected chi connectivity index (χ4v) is 5.03. The lowest BCUT2D eigenvalue weighted by Gasteiger charge is -2.54. The molecule has 0 bridgehead atoms. The van der Waals surface area contributed by atoms with E-state index < -0.39 is 18.2 Å². The van der Waals surface area contributed by atoms with Gasteiger partial charge >= 0.3 is 6.03 Å². The molecule has 1 N–H and O–H groups in total. The van der Waals surface area contributed by atoms with E-state index in [9.17, 15) is 18.8 Å². The van der Waals surface area contributed by atoms with Crippen molar-refractivity contribution in [1.82, 2.24) is 25.1 Å². The number of hydrogen-bond donors (Lipinski definition) is 1. The van der Waals surface area contributed by atoms with Crippen LogP contribution in [0.3, 0.4) is 0 Å². The van der Waals surface area contributed by atoms with Crippen molar-refractivity contribution in [2.75, 3.05) is 32.8 Å². The highest BCUT2D eigenvalue weighted by Gasteiger charge is 2.50. The summed E-state index contributed by atoms with van der Waals surface area (Å²) < 4.78 is 19.2. The molecule has 206 valence electrons. The zero-order valence-electron chi connectivity index (χ0n) is 22.1. The first-order valence-electron chi connectivity index (χ1n) is 13.1. The van der Waals surface area contributed by atoms with Crippen LogP contribution in [-0.4, -0.2) is 82.7 Å². The molecule has 9 nitrogen and oxygen atoms in total. The number of urea groups is 1. The second-order valence-corrected chi connectivity index (χ2v) is 9.57. The molecule has 0 aromatic heterocycles. The van der Waals surface area contributed by atoms with E-state index in [1.165, 1.54) is 17.1 Å². The Labute approximate surface area is 228 Å². The molecule has 2 heterocycles. The number of rotatable bonds is 10. The van der Waals surface area contributed by atoms with Gasteiger partial charge in [0.05, 0.1) is 32.8 Å². The SMILES string of the molecule is C#CCN1CC(=O)N2[C@@H](CCC)C(=O)N(CCOCc3cccc(F)c3)C[C@@H]2N1C(=O)NCc1ccccc1. The Morgan fingerprint density at radius 1 is 1.15 bits per heavy atom. The van der Waals surface area contributed by atoms with E-state index in [0.29, 0.717) is 24.9 Å². The van der Waals surface area contributed by atoms with E-state index in [1.807, 2.05) is 37.3 Å². The zero-order valence-corrected chi connectivity index (χ0v) is 22.1. The van der Waals surface area contributed by atoms with Gasteiger partial charge in [0.15, 0.2) is 0 Å². The molecule has 4 amide bonds. The molecule has 2 aromatic rings. The molecule has 39 heavy (non-hydrogen) atoms. The smallest absolute Gasteiger partial charge is 0.334 e. The van der Waals surface area contributed by atoms with Crippen molar-refractivity contribution >= 4 is 17.8 Å². The third kappa shape index (κ3) is 6.74. The molecule has 0 unspecified atom stereocenters. The summed E-state index contributed by atoms with van der Waals surface area (Å²) in [6.45, 7) is 3.03. The normalized spacial score (nSPS) is 19.6. The lowest BCUT2D eigenvalue weighted by Crippen LogP contribution is -2.76. The van der Waals surface area contributed by atoms with E-state index in [4.69, 9.17) is 11.2 Å². The average molecular weight is 536 g/mol. The Morgan fingerprint density at radius 3 is 2.64 bits per heavy atom. The van der Waals surface area contributed by atoms with E-state index in [0.717, 1.165) is 5.56 Å². The van der Waals surface area contributed by atoms with Crippen molar-refractivity contribution in [3.05, 3.63) is 71.5 Å². The fourth-order valence-electron chi connectivity index (χ4n) is 5.03. The molecule has 4 rings (SSSR count). The lowest BCUT2D eigenvalue weighted by atomic mass is 10.0. The summed E-state index contributed by atoms with van der Waals surface area (Å²) in [5.74, 6) is 1.78. The molecule has 2 aliphatic heterocycles. The number of nitrogens with zero attached hydrogens (tertiary/aromatic N) is 4. The molecule has 2 fully saturated rings. The summed E-state index contributed by atoms with van der Waals surface area (Å²) in [6.07, 6.45) is 6.02. The van der Waals surface area contributed by atoms with Gasteiger partial charge in [-0.25, -0.2) is 14.2 Å². The number of carbonyl (C=O) groups excluding carboxylic acids is 3. The van der Waals surface area contributed by atoms with Gasteiger partial charge in [-0.05, 0) is 29.7 Å². The van der Waals surface area contributed by atoms with E-state index in [-0.39, 0.29) is 57.0 Å². The van der Waals surface area contributed by atoms with Crippen LogP contribution in [0.5, 0.6) is 0 Å². The summed E-state index contributed by atoms with van der Waals surface area (Å²) >= 11 is 0. The molecule has 0 saturated carbocycles. The van der Waals surface area contributed by atoms with Crippen LogP contribution in [-0.2, 0) is 27.5 Å². The van der Waals surface area contributed by atoms with Gasteiger partial charge in [0.1, 0.15) is 18.0 Å². The number of amides is 4. The zero-order chi connectivity index (χ0) is 27.8. The number of ether oxygens (including phenoxy) is 1. The minimum Gasteiger partial charge on any atom is -0.375 e. The predicted molar refractivity (Wildman–Crippen MR) is 143 cm³/mol. The number of hydrazine groups is 1. The first-order valence-corrected chi connectivity index (χ1v) is 13.1. The van der Waals surface area contributed by atoms with Crippen LogP contribution in [0.2, 0.25) is 0 Å². The van der Waals surface area contributed by atoms with E-state index >= 15 is 0 Å². The van der Waals surface area contributed by atoms with Gasteiger partial charge in [-0.1, -0.05) is 61.7 Å². The van der Waals surface area contributed by atoms with Crippen molar-refractivity contribution in [3.63, 3.8) is 0 Å². The largest absolute Gasteiger partial charge is 0.375 e. The topological polar surface area (TPSA) is 85.4 Å². The van der Waals surface area contributed by atoms with Crippen molar-refractivity contribution in [2.45, 2.75) is 45.1 Å². The van der Waals surface area contributed by atoms with Gasteiger partial charge in [0.25, 0.3) is 0 Å². The fraction of sp³-hybridized carbons (Fsp3) is 0.414. The minimum atomic E-state index is -0.715. The summed E-state index contributed by atoms with van der Waals surface area (Å²) in [4.78, 5) is 43.5. The second kappa shape index (κ2) is 13.2. The van der Waals surface area contributed by atoms with Gasteiger partial charge in [0.2, 0.25) is 11.8 Å². The Bertz CT molecular complexity index is 1200. The van der Waals surface area contributed by atoms with Crippen molar-refractivity contribution < 1.29 is 23.5 Å². The van der Waals surface area contributed by atoms with Crippen LogP contribution < -0.4 is 5.32 Å². The van der Waals surface area contributed by atoms with Crippen molar-refractivity contribution in [2.24, 2.45) is 0 Å². The average Bonchev–Trinajstić information content (AvgIpc) is 2.92. The van der Waals surface area contributed by atoms with Crippen LogP contribution in [0.4, 0.5) is 9.18 Å². The highest BCUT2D eigenvalue weighted by molar-refractivity contribution is 5.91. The van der Waals surface area contributed by atoms with Crippen LogP contribution in [0, 0.1) is 18.2 Å². The lowest BCUT2D eigenvalue weighted by molar-refractivity contribution is -0.189. The van der Waals surface area contributed by atoms with Gasteiger partial charge in [-0.2, -0.15) is 5.01 Å². The molecule has 2 aromatic carbocycles. The van der Waals surface area contributed by atoms with Gasteiger partial charge < -0.3 is 19.9 Å². The molecule has 2 saturated heterocycles. The molecule has 2 aliphatic rings. The number of piperazine rings is 1. The quantitative estimate of drug-likeness (QED) is 0.374. The maximum atomic E-state index is 13.5. The van der Waals surface area contributed by atoms with E-state index in [2.05, 4.69) is 11.2 Å². The minimum absolute atomic E-state index is 0.0674. The Kier molecular flexibility index (Phi) is 9.52. The number of benzene rings is 2. The molecule has 10 heteroatoms. The van der Waals surface area contributed by atoms with E-state index in [1.54, 1.807) is 26.9 Å². The maximum absolute atomic E-state index is 13.5. The summed E-state index contributed by atoms with van der Waals surface area (Å²) in [7, 11) is 0. The number of halogens is 1. The number of carbonyl (C=O) groups is 3. The third-order valence-electron chi connectivity index (χ3n) is 6.82. The van der Waals surface area contributed by atoms with Crippen LogP contribution in [0.25, 0.3) is 0 Å². The van der Waals surface area contributed by atoms with Crippen molar-refractivity contribution in [1.29, 1.82) is 0 Å². The molecule has 0 radical (unpaired) electrons. The molecule has 2 atom stereocenters. The highest BCUT2D eigenvalue weighted by Crippen LogP contribution is 2.28. The van der Waals surface area contributed by atoms with Crippen LogP contribution in [0.1, 0.15) is 30.9 Å². The van der Waals surface area contributed by atoms with Gasteiger partial charge in [-0.3, -0.25) is 9.59 Å². The highest BCUT2D eigenvalue weighted by atomic mass is 19.1. The number of terminal acetylenes is 1. The Hall–Kier alpha value is -3.94. The third-order valence-corrected chi connectivity index (χ3v) is 6.82. The van der Waals surface area contributed by atoms with Crippen LogP contribution >= 0.6 is 0 Å². The van der Waals surface area contributed by atoms with Gasteiger partial charge in [0, 0.05) is 13.1 Å². The summed E-state index contributed by atoms with van der Waals surface area (Å²) in [5.41, 5.74) is 1.62. The van der Waals surface area contributed by atoms with Gasteiger partial charge in [-0.15, -0.1) is 6.42 Å². The standard InChI is InChI=1S/C29H34FN5O4/c1-3-9-25-28(37)32(15-16-39-21-23-12-8-13-24(30)17-23)19-26-34(25)27(36)20-33(14-4-2)35(26)29(38)31-18-22-10-6-5-7-11-22/h2,5-8,10-13,17,25-26H,3,9,14-16,18-21H2,1H3,(H,31,38)/t25-,26-/m0/s1. The second-order valence-electron chi connectivity index (χ2n) is 9.57. The van der Waals surface area contributed by atoms with Crippen molar-refractivity contribution in [3.8, 4) is 12.3 Å². The summed E-state index contributed by atoms with van der Waals surface area (Å²) in [6, 6.07) is 14.6. The first kappa shape index (κ1) is 28.1. The predicted octanol–water partition coefficient (Wildman–Crippen LogP) is 2.58. The number of hydrogen-bond acceptors (Lipinski definition) is 5. The Balaban J connectivity index is 1.51. The molecule has 0 aliphatic carbocycles. The first-order chi connectivity index (χ1) is 18.9. The Morgan fingerprint density at radius 2 is 1.92 bits per heavy atom.